The normalized spacial score (nSPS) is 15.2. The summed E-state index contributed by atoms with van der Waals surface area (Å²) in [4.78, 5) is 0. The highest BCUT2D eigenvalue weighted by atomic mass is 16.3. The van der Waals surface area contributed by atoms with Crippen LogP contribution in [0, 0.1) is 0 Å². The van der Waals surface area contributed by atoms with Crippen molar-refractivity contribution in [2.75, 3.05) is 19.6 Å². The second kappa shape index (κ2) is 7.21. The predicted octanol–water partition coefficient (Wildman–Crippen LogP) is 3.17. The molecule has 0 bridgehead atoms. The van der Waals surface area contributed by atoms with Gasteiger partial charge in [0, 0.05) is 5.56 Å². The molecule has 3 heteroatoms. The van der Waals surface area contributed by atoms with E-state index in [1.807, 2.05) is 6.07 Å². The number of quaternary nitrogens is 1. The van der Waals surface area contributed by atoms with Crippen molar-refractivity contribution in [3.8, 4) is 0 Å². The van der Waals surface area contributed by atoms with Gasteiger partial charge in [-0.3, -0.25) is 0 Å². The van der Waals surface area contributed by atoms with E-state index in [0.29, 0.717) is 0 Å². The molecule has 2 unspecified atom stereocenters. The van der Waals surface area contributed by atoms with Crippen molar-refractivity contribution in [3.05, 3.63) is 34.9 Å². The Bertz CT molecular complexity index is 388. The summed E-state index contributed by atoms with van der Waals surface area (Å²) in [5.41, 5.74) is 2.98. The summed E-state index contributed by atoms with van der Waals surface area (Å²) in [7, 11) is 0. The van der Waals surface area contributed by atoms with E-state index in [0.717, 1.165) is 41.8 Å². The van der Waals surface area contributed by atoms with Crippen LogP contribution in [0.5, 0.6) is 0 Å². The van der Waals surface area contributed by atoms with Crippen molar-refractivity contribution in [2.24, 2.45) is 0 Å². The monoisotopic (exact) mass is 280 g/mol. The number of nitrogens with zero attached hydrogens (tertiary/aromatic N) is 1. The largest absolute Gasteiger partial charge is 0.389 e. The third-order valence-electron chi connectivity index (χ3n) is 4.53. The molecule has 0 aliphatic rings. The third kappa shape index (κ3) is 4.05. The molecule has 1 rings (SSSR count). The molecule has 0 fully saturated rings. The van der Waals surface area contributed by atoms with Crippen LogP contribution in [-0.4, -0.2) is 34.3 Å². The number of aliphatic hydroxyl groups is 2. The molecule has 0 aliphatic heterocycles. The van der Waals surface area contributed by atoms with Crippen LogP contribution in [0.25, 0.3) is 0 Å². The maximum atomic E-state index is 9.84. The first-order valence-electron chi connectivity index (χ1n) is 7.72. The molecule has 0 heterocycles. The van der Waals surface area contributed by atoms with Crippen molar-refractivity contribution in [1.82, 2.24) is 0 Å². The van der Waals surface area contributed by atoms with E-state index in [1.165, 1.54) is 5.56 Å². The summed E-state index contributed by atoms with van der Waals surface area (Å²) < 4.78 is 1.03. The Labute approximate surface area is 123 Å². The van der Waals surface area contributed by atoms with Gasteiger partial charge in [0.1, 0.15) is 6.54 Å². The van der Waals surface area contributed by atoms with E-state index in [-0.39, 0.29) is 0 Å². The Balaban J connectivity index is 3.16. The number of hydrogen-bond acceptors (Lipinski definition) is 2. The van der Waals surface area contributed by atoms with Crippen molar-refractivity contribution in [1.29, 1.82) is 0 Å². The average molecular weight is 280 g/mol. The lowest BCUT2D eigenvalue weighted by molar-refractivity contribution is -0.936. The number of aliphatic hydroxyl groups excluding tert-OH is 2. The summed E-state index contributed by atoms with van der Waals surface area (Å²) in [5.74, 6) is 0. The second-order valence-electron chi connectivity index (χ2n) is 5.81. The fourth-order valence-electron chi connectivity index (χ4n) is 2.71. The van der Waals surface area contributed by atoms with Crippen molar-refractivity contribution in [3.63, 3.8) is 0 Å². The Hall–Kier alpha value is -0.900. The molecule has 3 nitrogen and oxygen atoms in total. The van der Waals surface area contributed by atoms with Crippen LogP contribution >= 0.6 is 0 Å². The fraction of sp³-hybridized carbons (Fsp3) is 0.647. The van der Waals surface area contributed by atoms with E-state index in [9.17, 15) is 10.2 Å². The van der Waals surface area contributed by atoms with Gasteiger partial charge in [0.05, 0.1) is 31.8 Å². The summed E-state index contributed by atoms with van der Waals surface area (Å²) >= 11 is 0. The van der Waals surface area contributed by atoms with Crippen molar-refractivity contribution >= 4 is 0 Å². The van der Waals surface area contributed by atoms with Crippen LogP contribution < -0.4 is 0 Å². The van der Waals surface area contributed by atoms with E-state index in [4.69, 9.17) is 0 Å². The zero-order valence-electron chi connectivity index (χ0n) is 13.6. The predicted molar refractivity (Wildman–Crippen MR) is 83.3 cm³/mol. The van der Waals surface area contributed by atoms with Gasteiger partial charge in [0.25, 0.3) is 0 Å². The highest BCUT2D eigenvalue weighted by molar-refractivity contribution is 5.32. The van der Waals surface area contributed by atoms with Gasteiger partial charge in [-0.2, -0.15) is 0 Å². The molecule has 0 aliphatic carbocycles. The van der Waals surface area contributed by atoms with Gasteiger partial charge in [0.15, 0.2) is 0 Å². The standard InChI is InChI=1S/C17H30NO2/c1-6-18(7-2,8-3)12-15-9-16(13(4)19)11-17(10-15)14(5)20/h9-11,13-14,19-20H,6-8,12H2,1-5H3/q+1. The molecule has 20 heavy (non-hydrogen) atoms. The average Bonchev–Trinajstić information content (AvgIpc) is 2.44. The quantitative estimate of drug-likeness (QED) is 0.753. The highest BCUT2D eigenvalue weighted by Crippen LogP contribution is 2.24. The molecular formula is C17H30NO2+. The highest BCUT2D eigenvalue weighted by Gasteiger charge is 2.22. The van der Waals surface area contributed by atoms with E-state index < -0.39 is 12.2 Å². The summed E-state index contributed by atoms with van der Waals surface area (Å²) in [6.45, 7) is 14.4. The number of benzene rings is 1. The molecule has 0 aromatic heterocycles. The van der Waals surface area contributed by atoms with Gasteiger partial charge < -0.3 is 14.7 Å². The molecule has 114 valence electrons. The van der Waals surface area contributed by atoms with Crippen LogP contribution in [0.4, 0.5) is 0 Å². The van der Waals surface area contributed by atoms with Crippen LogP contribution in [0.3, 0.4) is 0 Å². The first-order valence-corrected chi connectivity index (χ1v) is 7.72. The zero-order valence-corrected chi connectivity index (χ0v) is 13.6. The van der Waals surface area contributed by atoms with Gasteiger partial charge in [-0.25, -0.2) is 0 Å². The Kier molecular flexibility index (Phi) is 6.18. The summed E-state index contributed by atoms with van der Waals surface area (Å²) in [6.07, 6.45) is -1.00. The fourth-order valence-corrected chi connectivity index (χ4v) is 2.71. The minimum Gasteiger partial charge on any atom is -0.389 e. The van der Waals surface area contributed by atoms with Gasteiger partial charge >= 0.3 is 0 Å². The van der Waals surface area contributed by atoms with Crippen LogP contribution in [-0.2, 0) is 6.54 Å². The SMILES string of the molecule is CC[N+](CC)(CC)Cc1cc(C(C)O)cc(C(C)O)c1. The molecule has 0 saturated carbocycles. The van der Waals surface area contributed by atoms with Gasteiger partial charge in [-0.1, -0.05) is 6.07 Å². The smallest absolute Gasteiger partial charge is 0.104 e. The molecular weight excluding hydrogens is 250 g/mol. The van der Waals surface area contributed by atoms with Crippen molar-refractivity contribution < 1.29 is 14.7 Å². The molecule has 0 amide bonds. The van der Waals surface area contributed by atoms with Crippen LogP contribution in [0.1, 0.15) is 63.5 Å². The topological polar surface area (TPSA) is 40.5 Å². The van der Waals surface area contributed by atoms with Crippen molar-refractivity contribution in [2.45, 2.75) is 53.4 Å². The molecule has 0 saturated heterocycles. The Morgan fingerprint density at radius 2 is 1.25 bits per heavy atom. The first kappa shape index (κ1) is 17.2. The molecule has 2 N–H and O–H groups in total. The molecule has 0 radical (unpaired) electrons. The minimum atomic E-state index is -0.501. The van der Waals surface area contributed by atoms with Crippen LogP contribution in [0.15, 0.2) is 18.2 Å². The third-order valence-corrected chi connectivity index (χ3v) is 4.53. The molecule has 0 spiro atoms. The van der Waals surface area contributed by atoms with Gasteiger partial charge in [0.2, 0.25) is 0 Å². The molecule has 1 aromatic carbocycles. The minimum absolute atomic E-state index is 0.501. The lowest BCUT2D eigenvalue weighted by Crippen LogP contribution is -2.46. The molecule has 2 atom stereocenters. The summed E-state index contributed by atoms with van der Waals surface area (Å²) in [5, 5.41) is 19.7. The van der Waals surface area contributed by atoms with E-state index >= 15 is 0 Å². The van der Waals surface area contributed by atoms with Gasteiger partial charge in [-0.15, -0.1) is 0 Å². The lowest BCUT2D eigenvalue weighted by atomic mass is 9.99. The first-order chi connectivity index (χ1) is 9.37. The number of hydrogen-bond donors (Lipinski definition) is 2. The maximum Gasteiger partial charge on any atom is 0.104 e. The lowest BCUT2D eigenvalue weighted by Gasteiger charge is -2.36. The Morgan fingerprint density at radius 3 is 1.55 bits per heavy atom. The van der Waals surface area contributed by atoms with Crippen LogP contribution in [0.2, 0.25) is 0 Å². The Morgan fingerprint density at radius 1 is 0.850 bits per heavy atom. The second-order valence-corrected chi connectivity index (χ2v) is 5.81. The molecule has 1 aromatic rings. The maximum absolute atomic E-state index is 9.84. The zero-order chi connectivity index (χ0) is 15.3. The summed E-state index contributed by atoms with van der Waals surface area (Å²) in [6, 6.07) is 6.05. The number of rotatable bonds is 7. The van der Waals surface area contributed by atoms with Gasteiger partial charge in [-0.05, 0) is 57.9 Å². The van der Waals surface area contributed by atoms with E-state index in [2.05, 4.69) is 32.9 Å². The van der Waals surface area contributed by atoms with E-state index in [1.54, 1.807) is 13.8 Å².